The molecule has 0 radical (unpaired) electrons. The Morgan fingerprint density at radius 3 is 2.66 bits per heavy atom. The minimum Gasteiger partial charge on any atom is -0.328 e. The van der Waals surface area contributed by atoms with Crippen LogP contribution in [0.2, 0.25) is 0 Å². The van der Waals surface area contributed by atoms with E-state index >= 15 is 0 Å². The molecule has 0 aliphatic rings. The van der Waals surface area contributed by atoms with Crippen molar-refractivity contribution in [1.82, 2.24) is 9.97 Å². The second kappa shape index (κ2) is 9.29. The number of thiazole rings is 1. The molecule has 3 rings (SSSR count). The minimum absolute atomic E-state index is 0.0788. The van der Waals surface area contributed by atoms with E-state index in [1.54, 1.807) is 0 Å². The molecule has 7 nitrogen and oxygen atoms in total. The number of aromatic amines is 1. The zero-order valence-electron chi connectivity index (χ0n) is 16.2. The van der Waals surface area contributed by atoms with Crippen molar-refractivity contribution in [3.8, 4) is 0 Å². The van der Waals surface area contributed by atoms with Gasteiger partial charge in [-0.05, 0) is 30.0 Å². The van der Waals surface area contributed by atoms with E-state index in [2.05, 4.69) is 34.4 Å². The first-order valence-electron chi connectivity index (χ1n) is 9.25. The summed E-state index contributed by atoms with van der Waals surface area (Å²) in [5, 5.41) is 7.92. The number of aromatic nitrogens is 2. The molecule has 8 heteroatoms. The van der Waals surface area contributed by atoms with E-state index in [-0.39, 0.29) is 17.4 Å². The van der Waals surface area contributed by atoms with Crippen molar-refractivity contribution in [2.45, 2.75) is 32.6 Å². The molecule has 0 spiro atoms. The fourth-order valence-corrected chi connectivity index (χ4v) is 3.51. The fourth-order valence-electron chi connectivity index (χ4n) is 2.77. The maximum atomic E-state index is 12.3. The average molecular weight is 410 g/mol. The van der Waals surface area contributed by atoms with Gasteiger partial charge in [0.05, 0.1) is 11.3 Å². The van der Waals surface area contributed by atoms with Crippen LogP contribution in [-0.4, -0.2) is 21.8 Å². The number of nitrogens with one attached hydrogen (secondary N) is 3. The Hall–Kier alpha value is -3.26. The number of hydrogen-bond donors (Lipinski definition) is 3. The highest BCUT2D eigenvalue weighted by molar-refractivity contribution is 7.14. The van der Waals surface area contributed by atoms with Crippen LogP contribution in [-0.2, 0) is 11.2 Å². The quantitative estimate of drug-likeness (QED) is 0.551. The normalized spacial score (nSPS) is 10.7. The number of carbonyl (C=O) groups is 2. The van der Waals surface area contributed by atoms with Gasteiger partial charge in [-0.3, -0.25) is 19.7 Å². The van der Waals surface area contributed by atoms with Crippen LogP contribution in [0, 0.1) is 0 Å². The van der Waals surface area contributed by atoms with Crippen molar-refractivity contribution in [3.05, 3.63) is 75.1 Å². The summed E-state index contributed by atoms with van der Waals surface area (Å²) in [6, 6.07) is 10.5. The fraction of sp³-hybridized carbons (Fsp3) is 0.238. The van der Waals surface area contributed by atoms with Gasteiger partial charge in [0.2, 0.25) is 11.5 Å². The number of benzene rings is 1. The number of rotatable bonds is 7. The number of aryl methyl sites for hydroxylation is 1. The first-order chi connectivity index (χ1) is 13.9. The van der Waals surface area contributed by atoms with Gasteiger partial charge in [-0.15, -0.1) is 11.3 Å². The summed E-state index contributed by atoms with van der Waals surface area (Å²) in [7, 11) is 0. The van der Waals surface area contributed by atoms with E-state index in [1.165, 1.54) is 29.7 Å². The lowest BCUT2D eigenvalue weighted by atomic mass is 10.0. The van der Waals surface area contributed by atoms with Crippen LogP contribution in [0.25, 0.3) is 0 Å². The third kappa shape index (κ3) is 5.61. The first kappa shape index (κ1) is 20.5. The summed E-state index contributed by atoms with van der Waals surface area (Å²) in [4.78, 5) is 42.4. The van der Waals surface area contributed by atoms with Gasteiger partial charge in [0.15, 0.2) is 5.13 Å². The third-order valence-electron chi connectivity index (χ3n) is 4.28. The lowest BCUT2D eigenvalue weighted by molar-refractivity contribution is -0.116. The lowest BCUT2D eigenvalue weighted by Crippen LogP contribution is -2.15. The number of anilines is 2. The Morgan fingerprint density at radius 1 is 1.14 bits per heavy atom. The van der Waals surface area contributed by atoms with Gasteiger partial charge < -0.3 is 10.3 Å². The molecule has 2 heterocycles. The highest BCUT2D eigenvalue weighted by Crippen LogP contribution is 2.24. The van der Waals surface area contributed by atoms with E-state index in [9.17, 15) is 14.4 Å². The molecule has 150 valence electrons. The molecule has 29 heavy (non-hydrogen) atoms. The molecule has 2 aromatic heterocycles. The van der Waals surface area contributed by atoms with E-state index < -0.39 is 0 Å². The molecular weight excluding hydrogens is 388 g/mol. The molecule has 0 fully saturated rings. The van der Waals surface area contributed by atoms with Crippen molar-refractivity contribution in [2.75, 3.05) is 10.6 Å². The monoisotopic (exact) mass is 410 g/mol. The predicted molar refractivity (Wildman–Crippen MR) is 115 cm³/mol. The van der Waals surface area contributed by atoms with E-state index in [4.69, 9.17) is 0 Å². The highest BCUT2D eigenvalue weighted by Gasteiger charge is 2.12. The third-order valence-corrected chi connectivity index (χ3v) is 5.09. The van der Waals surface area contributed by atoms with Crippen molar-refractivity contribution < 1.29 is 9.59 Å². The molecule has 0 atom stereocenters. The Balaban J connectivity index is 1.54. The second-order valence-electron chi connectivity index (χ2n) is 6.83. The van der Waals surface area contributed by atoms with Gasteiger partial charge in [0, 0.05) is 29.8 Å². The zero-order valence-corrected chi connectivity index (χ0v) is 17.0. The molecule has 3 N–H and O–H groups in total. The van der Waals surface area contributed by atoms with E-state index in [0.717, 1.165) is 16.9 Å². The number of nitrogens with zero attached hydrogens (tertiary/aromatic N) is 1. The summed E-state index contributed by atoms with van der Waals surface area (Å²) in [6.45, 7) is 4.17. The first-order valence-corrected chi connectivity index (χ1v) is 10.1. The van der Waals surface area contributed by atoms with Crippen LogP contribution in [0.5, 0.6) is 0 Å². The highest BCUT2D eigenvalue weighted by atomic mass is 32.1. The average Bonchev–Trinajstić information content (AvgIpc) is 3.14. The maximum Gasteiger partial charge on any atom is 0.258 e. The summed E-state index contributed by atoms with van der Waals surface area (Å²) in [5.41, 5.74) is 2.73. The number of pyridine rings is 1. The van der Waals surface area contributed by atoms with Crippen LogP contribution >= 0.6 is 11.3 Å². The number of amides is 2. The molecule has 0 aliphatic heterocycles. The van der Waals surface area contributed by atoms with Crippen molar-refractivity contribution >= 4 is 34.0 Å². The molecule has 0 aliphatic carbocycles. The van der Waals surface area contributed by atoms with Crippen LogP contribution in [0.4, 0.5) is 10.8 Å². The van der Waals surface area contributed by atoms with Crippen molar-refractivity contribution in [1.29, 1.82) is 0 Å². The van der Waals surface area contributed by atoms with E-state index in [0.29, 0.717) is 29.5 Å². The SMILES string of the molecule is CC(C)c1ccccc1NC(=O)CCc1csc(NC(=O)c2ccc(=O)[nH]c2)n1. The number of hydrogen-bond acceptors (Lipinski definition) is 5. The minimum atomic E-state index is -0.356. The molecule has 1 aromatic carbocycles. The molecule has 0 unspecified atom stereocenters. The van der Waals surface area contributed by atoms with Crippen LogP contribution < -0.4 is 16.2 Å². The number of carbonyl (C=O) groups excluding carboxylic acids is 2. The van der Waals surface area contributed by atoms with Crippen LogP contribution in [0.15, 0.2) is 52.8 Å². The maximum absolute atomic E-state index is 12.3. The van der Waals surface area contributed by atoms with Gasteiger partial charge in [-0.1, -0.05) is 32.0 Å². The summed E-state index contributed by atoms with van der Waals surface area (Å²) in [6.07, 6.45) is 2.12. The number of H-pyrrole nitrogens is 1. The predicted octanol–water partition coefficient (Wildman–Crippen LogP) is 3.78. The van der Waals surface area contributed by atoms with Gasteiger partial charge in [0.25, 0.3) is 5.91 Å². The molecule has 0 saturated heterocycles. The molecule has 0 bridgehead atoms. The molecule has 0 saturated carbocycles. The van der Waals surface area contributed by atoms with Gasteiger partial charge in [-0.2, -0.15) is 0 Å². The van der Waals surface area contributed by atoms with Gasteiger partial charge >= 0.3 is 0 Å². The standard InChI is InChI=1S/C21H22N4O3S/c1-13(2)16-5-3-4-6-17(16)24-19(27)10-8-15-12-29-21(23-15)25-20(28)14-7-9-18(26)22-11-14/h3-7,9,11-13H,8,10H2,1-2H3,(H,22,26)(H,24,27)(H,23,25,28). The summed E-state index contributed by atoms with van der Waals surface area (Å²) >= 11 is 1.29. The second-order valence-corrected chi connectivity index (χ2v) is 7.69. The van der Waals surface area contributed by atoms with Crippen molar-refractivity contribution in [2.24, 2.45) is 0 Å². The van der Waals surface area contributed by atoms with Crippen LogP contribution in [0.3, 0.4) is 0 Å². The van der Waals surface area contributed by atoms with Gasteiger partial charge in [0.1, 0.15) is 0 Å². The Labute approximate surface area is 172 Å². The summed E-state index contributed by atoms with van der Waals surface area (Å²) in [5.74, 6) is -0.117. The van der Waals surface area contributed by atoms with E-state index in [1.807, 2.05) is 29.6 Å². The topological polar surface area (TPSA) is 104 Å². The van der Waals surface area contributed by atoms with Crippen molar-refractivity contribution in [3.63, 3.8) is 0 Å². The largest absolute Gasteiger partial charge is 0.328 e. The lowest BCUT2D eigenvalue weighted by Gasteiger charge is -2.13. The number of para-hydroxylation sites is 1. The smallest absolute Gasteiger partial charge is 0.258 e. The Kier molecular flexibility index (Phi) is 6.56. The Bertz CT molecular complexity index is 1050. The molecular formula is C21H22N4O3S. The zero-order chi connectivity index (χ0) is 20.8. The van der Waals surface area contributed by atoms with Crippen LogP contribution in [0.1, 0.15) is 47.8 Å². The summed E-state index contributed by atoms with van der Waals surface area (Å²) < 4.78 is 0. The Morgan fingerprint density at radius 2 is 1.93 bits per heavy atom. The molecule has 2 amide bonds. The molecule has 3 aromatic rings. The van der Waals surface area contributed by atoms with Gasteiger partial charge in [-0.25, -0.2) is 4.98 Å².